The van der Waals surface area contributed by atoms with Crippen LogP contribution in [0.15, 0.2) is 60.9 Å². The van der Waals surface area contributed by atoms with Gasteiger partial charge in [0.2, 0.25) is 0 Å². The zero-order valence-electron chi connectivity index (χ0n) is 13.6. The third-order valence-corrected chi connectivity index (χ3v) is 3.84. The molecule has 3 aromatic rings. The minimum absolute atomic E-state index is 0.187. The molecule has 1 heterocycles. The number of nitrogens with one attached hydrogen (secondary N) is 1. The number of nitrogens with zero attached hydrogens (tertiary/aromatic N) is 2. The predicted molar refractivity (Wildman–Crippen MR) is 93.2 cm³/mol. The molecule has 0 atom stereocenters. The number of amides is 1. The van der Waals surface area contributed by atoms with Gasteiger partial charge in [-0.1, -0.05) is 42.5 Å². The molecule has 0 saturated heterocycles. The SMILES string of the molecule is Cn1cc(C(=O)NCc2ccc(-c3ccccc3C(=O)O)cc2)cn1. The number of carbonyl (C=O) groups excluding carboxylic acids is 1. The molecule has 0 unspecified atom stereocenters. The lowest BCUT2D eigenvalue weighted by Crippen LogP contribution is -2.22. The molecule has 1 aromatic heterocycles. The second-order valence-electron chi connectivity index (χ2n) is 5.63. The van der Waals surface area contributed by atoms with Crippen molar-refractivity contribution in [2.24, 2.45) is 7.05 Å². The molecule has 25 heavy (non-hydrogen) atoms. The third kappa shape index (κ3) is 3.74. The summed E-state index contributed by atoms with van der Waals surface area (Å²) in [4.78, 5) is 23.3. The number of rotatable bonds is 5. The van der Waals surface area contributed by atoms with E-state index in [1.165, 1.54) is 6.20 Å². The van der Waals surface area contributed by atoms with Gasteiger partial charge < -0.3 is 10.4 Å². The molecule has 0 saturated carbocycles. The quantitative estimate of drug-likeness (QED) is 0.751. The minimum Gasteiger partial charge on any atom is -0.478 e. The highest BCUT2D eigenvalue weighted by Gasteiger charge is 2.11. The van der Waals surface area contributed by atoms with Crippen molar-refractivity contribution in [3.63, 3.8) is 0 Å². The molecule has 0 spiro atoms. The average molecular weight is 335 g/mol. The number of carbonyl (C=O) groups is 2. The summed E-state index contributed by atoms with van der Waals surface area (Å²) < 4.78 is 1.57. The fourth-order valence-corrected chi connectivity index (χ4v) is 2.55. The van der Waals surface area contributed by atoms with Crippen molar-refractivity contribution in [3.05, 3.63) is 77.6 Å². The van der Waals surface area contributed by atoms with E-state index in [2.05, 4.69) is 10.4 Å². The molecule has 0 aliphatic heterocycles. The van der Waals surface area contributed by atoms with Crippen molar-refractivity contribution in [1.82, 2.24) is 15.1 Å². The molecule has 126 valence electrons. The van der Waals surface area contributed by atoms with Gasteiger partial charge in [-0.3, -0.25) is 9.48 Å². The van der Waals surface area contributed by atoms with Crippen molar-refractivity contribution in [3.8, 4) is 11.1 Å². The van der Waals surface area contributed by atoms with Crippen LogP contribution in [-0.2, 0) is 13.6 Å². The van der Waals surface area contributed by atoms with Crippen LogP contribution < -0.4 is 5.32 Å². The summed E-state index contributed by atoms with van der Waals surface area (Å²) in [5.41, 5.74) is 3.18. The van der Waals surface area contributed by atoms with Gasteiger partial charge in [0.15, 0.2) is 0 Å². The monoisotopic (exact) mass is 335 g/mol. The maximum Gasteiger partial charge on any atom is 0.336 e. The summed E-state index contributed by atoms with van der Waals surface area (Å²) in [5, 5.41) is 16.1. The highest BCUT2D eigenvalue weighted by Crippen LogP contribution is 2.24. The van der Waals surface area contributed by atoms with Crippen LogP contribution in [0, 0.1) is 0 Å². The molecule has 6 nitrogen and oxygen atoms in total. The van der Waals surface area contributed by atoms with Gasteiger partial charge in [-0.05, 0) is 22.8 Å². The highest BCUT2D eigenvalue weighted by atomic mass is 16.4. The molecule has 2 aromatic carbocycles. The summed E-state index contributed by atoms with van der Waals surface area (Å²) in [6.45, 7) is 0.384. The van der Waals surface area contributed by atoms with Crippen LogP contribution in [0.5, 0.6) is 0 Å². The second-order valence-corrected chi connectivity index (χ2v) is 5.63. The van der Waals surface area contributed by atoms with Crippen LogP contribution in [0.25, 0.3) is 11.1 Å². The summed E-state index contributed by atoms with van der Waals surface area (Å²) in [6, 6.07) is 14.3. The van der Waals surface area contributed by atoms with Crippen LogP contribution in [0.3, 0.4) is 0 Å². The molecule has 0 aliphatic carbocycles. The van der Waals surface area contributed by atoms with Gasteiger partial charge >= 0.3 is 5.97 Å². The number of aromatic carboxylic acids is 1. The minimum atomic E-state index is -0.955. The number of carboxylic acids is 1. The van der Waals surface area contributed by atoms with E-state index in [1.807, 2.05) is 30.3 Å². The zero-order valence-corrected chi connectivity index (χ0v) is 13.6. The normalized spacial score (nSPS) is 10.4. The Labute approximate surface area is 144 Å². The standard InChI is InChI=1S/C19H17N3O3/c1-22-12-15(11-21-22)18(23)20-10-13-6-8-14(9-7-13)16-4-2-3-5-17(16)19(24)25/h2-9,11-12H,10H2,1H3,(H,20,23)(H,24,25). The second kappa shape index (κ2) is 7.00. The lowest BCUT2D eigenvalue weighted by atomic mass is 9.99. The van der Waals surface area contributed by atoms with Crippen LogP contribution in [0.4, 0.5) is 0 Å². The van der Waals surface area contributed by atoms with Crippen LogP contribution in [-0.4, -0.2) is 26.8 Å². The topological polar surface area (TPSA) is 84.2 Å². The van der Waals surface area contributed by atoms with E-state index in [9.17, 15) is 14.7 Å². The predicted octanol–water partition coefficient (Wildman–Crippen LogP) is 2.72. The molecule has 0 bridgehead atoms. The Bertz CT molecular complexity index is 914. The van der Waals surface area contributed by atoms with Gasteiger partial charge in [0.05, 0.1) is 17.3 Å². The van der Waals surface area contributed by atoms with Crippen molar-refractivity contribution >= 4 is 11.9 Å². The van der Waals surface area contributed by atoms with Gasteiger partial charge in [-0.25, -0.2) is 4.79 Å². The zero-order chi connectivity index (χ0) is 17.8. The molecule has 2 N–H and O–H groups in total. The van der Waals surface area contributed by atoms with Crippen molar-refractivity contribution in [2.75, 3.05) is 0 Å². The molecule has 3 rings (SSSR count). The molecular weight excluding hydrogens is 318 g/mol. The van der Waals surface area contributed by atoms with E-state index >= 15 is 0 Å². The number of aryl methyl sites for hydroxylation is 1. The number of carboxylic acid groups (broad SMARTS) is 1. The van der Waals surface area contributed by atoms with Gasteiger partial charge in [-0.15, -0.1) is 0 Å². The van der Waals surface area contributed by atoms with Crippen molar-refractivity contribution < 1.29 is 14.7 Å². The Balaban J connectivity index is 1.71. The molecule has 1 amide bonds. The van der Waals surface area contributed by atoms with E-state index in [4.69, 9.17) is 0 Å². The first-order valence-corrected chi connectivity index (χ1v) is 7.73. The Kier molecular flexibility index (Phi) is 4.61. The Morgan fingerprint density at radius 2 is 1.84 bits per heavy atom. The Hall–Kier alpha value is -3.41. The van der Waals surface area contributed by atoms with Crippen LogP contribution in [0.1, 0.15) is 26.3 Å². The maximum absolute atomic E-state index is 12.0. The maximum atomic E-state index is 12.0. The van der Waals surface area contributed by atoms with Crippen LogP contribution in [0.2, 0.25) is 0 Å². The number of aromatic nitrogens is 2. The van der Waals surface area contributed by atoms with E-state index in [0.717, 1.165) is 11.1 Å². The van der Waals surface area contributed by atoms with Gasteiger partial charge in [0, 0.05) is 19.8 Å². The molecule has 0 fully saturated rings. The Morgan fingerprint density at radius 3 is 2.48 bits per heavy atom. The summed E-state index contributed by atoms with van der Waals surface area (Å²) in [6.07, 6.45) is 3.17. The largest absolute Gasteiger partial charge is 0.478 e. The molecule has 0 aliphatic rings. The van der Waals surface area contributed by atoms with Crippen LogP contribution >= 0.6 is 0 Å². The number of benzene rings is 2. The Morgan fingerprint density at radius 1 is 1.12 bits per heavy atom. The van der Waals surface area contributed by atoms with Gasteiger partial charge in [0.1, 0.15) is 0 Å². The lowest BCUT2D eigenvalue weighted by Gasteiger charge is -2.08. The highest BCUT2D eigenvalue weighted by molar-refractivity contribution is 5.96. The van der Waals surface area contributed by atoms with Crippen molar-refractivity contribution in [1.29, 1.82) is 0 Å². The van der Waals surface area contributed by atoms with E-state index in [0.29, 0.717) is 17.7 Å². The molecule has 6 heteroatoms. The third-order valence-electron chi connectivity index (χ3n) is 3.84. The average Bonchev–Trinajstić information content (AvgIpc) is 3.06. The van der Waals surface area contributed by atoms with E-state index in [-0.39, 0.29) is 11.5 Å². The summed E-state index contributed by atoms with van der Waals surface area (Å²) in [7, 11) is 1.75. The molecule has 0 radical (unpaired) electrons. The summed E-state index contributed by atoms with van der Waals surface area (Å²) >= 11 is 0. The summed E-state index contributed by atoms with van der Waals surface area (Å²) in [5.74, 6) is -1.14. The fourth-order valence-electron chi connectivity index (χ4n) is 2.55. The van der Waals surface area contributed by atoms with E-state index in [1.54, 1.807) is 36.1 Å². The number of hydrogen-bond acceptors (Lipinski definition) is 3. The first-order valence-electron chi connectivity index (χ1n) is 7.73. The first kappa shape index (κ1) is 16.4. The molecular formula is C19H17N3O3. The fraction of sp³-hybridized carbons (Fsp3) is 0.105. The van der Waals surface area contributed by atoms with Crippen molar-refractivity contribution in [2.45, 2.75) is 6.54 Å². The first-order chi connectivity index (χ1) is 12.0. The number of hydrogen-bond donors (Lipinski definition) is 2. The van der Waals surface area contributed by atoms with E-state index < -0.39 is 5.97 Å². The van der Waals surface area contributed by atoms with Gasteiger partial charge in [-0.2, -0.15) is 5.10 Å². The smallest absolute Gasteiger partial charge is 0.336 e. The lowest BCUT2D eigenvalue weighted by molar-refractivity contribution is 0.0697. The van der Waals surface area contributed by atoms with Gasteiger partial charge in [0.25, 0.3) is 5.91 Å².